The normalized spacial score (nSPS) is 20.0. The van der Waals surface area contributed by atoms with Crippen LogP contribution in [0, 0.1) is 17.2 Å². The molecule has 0 amide bonds. The minimum absolute atomic E-state index is 0.0000101. The predicted molar refractivity (Wildman–Crippen MR) is 123 cm³/mol. The van der Waals surface area contributed by atoms with Gasteiger partial charge in [-0.2, -0.15) is 5.26 Å². The fourth-order valence-corrected chi connectivity index (χ4v) is 4.57. The molecule has 0 bridgehead atoms. The molecule has 1 aromatic heterocycles. The first-order valence-corrected chi connectivity index (χ1v) is 11.0. The highest BCUT2D eigenvalue weighted by molar-refractivity contribution is 6.30. The Morgan fingerprint density at radius 3 is 2.58 bits per heavy atom. The van der Waals surface area contributed by atoms with Gasteiger partial charge in [0.1, 0.15) is 12.2 Å². The molecule has 3 unspecified atom stereocenters. The van der Waals surface area contributed by atoms with E-state index in [1.165, 1.54) is 11.1 Å². The highest BCUT2D eigenvalue weighted by Crippen LogP contribution is 2.37. The number of ether oxygens (including phenoxy) is 1. The monoisotopic (exact) mass is 431 g/mol. The minimum Gasteiger partial charge on any atom is -0.474 e. The number of benzene rings is 2. The molecule has 1 aliphatic rings. The number of piperidine rings is 1. The van der Waals surface area contributed by atoms with Crippen LogP contribution in [-0.4, -0.2) is 29.1 Å². The SMILES string of the molecule is CC(Oc1ccc(C#N)cn1)C1CCN(Cc2ccccc2)CC1c1ccc(Cl)cc1. The summed E-state index contributed by atoms with van der Waals surface area (Å²) >= 11 is 6.15. The summed E-state index contributed by atoms with van der Waals surface area (Å²) in [6, 6.07) is 24.5. The number of pyridine rings is 1. The van der Waals surface area contributed by atoms with Crippen molar-refractivity contribution in [2.45, 2.75) is 31.9 Å². The first-order chi connectivity index (χ1) is 15.1. The van der Waals surface area contributed by atoms with Crippen LogP contribution in [0.2, 0.25) is 5.02 Å². The lowest BCUT2D eigenvalue weighted by molar-refractivity contribution is 0.0639. The Bertz CT molecular complexity index is 1020. The van der Waals surface area contributed by atoms with E-state index >= 15 is 0 Å². The maximum Gasteiger partial charge on any atom is 0.213 e. The zero-order valence-electron chi connectivity index (χ0n) is 17.6. The summed E-state index contributed by atoms with van der Waals surface area (Å²) in [4.78, 5) is 6.82. The molecular formula is C26H26ClN3O. The number of halogens is 1. The van der Waals surface area contributed by atoms with E-state index in [1.54, 1.807) is 18.3 Å². The van der Waals surface area contributed by atoms with Gasteiger partial charge in [0.15, 0.2) is 0 Å². The second kappa shape index (κ2) is 9.96. The summed E-state index contributed by atoms with van der Waals surface area (Å²) in [6.07, 6.45) is 2.60. The Kier molecular flexibility index (Phi) is 6.86. The highest BCUT2D eigenvalue weighted by Gasteiger charge is 2.35. The van der Waals surface area contributed by atoms with Crippen LogP contribution in [0.5, 0.6) is 5.88 Å². The number of likely N-dealkylation sites (tertiary alicyclic amines) is 1. The van der Waals surface area contributed by atoms with Crippen molar-refractivity contribution in [1.82, 2.24) is 9.88 Å². The van der Waals surface area contributed by atoms with Crippen molar-refractivity contribution in [3.05, 3.63) is 94.6 Å². The lowest BCUT2D eigenvalue weighted by Gasteiger charge is -2.41. The van der Waals surface area contributed by atoms with Gasteiger partial charge in [-0.1, -0.05) is 54.1 Å². The second-order valence-electron chi connectivity index (χ2n) is 8.15. The molecule has 0 aliphatic carbocycles. The third-order valence-electron chi connectivity index (χ3n) is 6.07. The van der Waals surface area contributed by atoms with Crippen LogP contribution in [-0.2, 0) is 6.54 Å². The zero-order valence-corrected chi connectivity index (χ0v) is 18.4. The van der Waals surface area contributed by atoms with Gasteiger partial charge in [0.2, 0.25) is 5.88 Å². The molecule has 0 N–H and O–H groups in total. The number of aromatic nitrogens is 1. The van der Waals surface area contributed by atoms with Gasteiger partial charge >= 0.3 is 0 Å². The quantitative estimate of drug-likeness (QED) is 0.503. The largest absolute Gasteiger partial charge is 0.474 e. The molecule has 3 aromatic rings. The van der Waals surface area contributed by atoms with Crippen molar-refractivity contribution in [2.24, 2.45) is 5.92 Å². The Hall–Kier alpha value is -2.87. The molecule has 4 nitrogen and oxygen atoms in total. The van der Waals surface area contributed by atoms with Gasteiger partial charge < -0.3 is 4.74 Å². The van der Waals surface area contributed by atoms with Gasteiger partial charge in [0.25, 0.3) is 0 Å². The molecule has 0 spiro atoms. The predicted octanol–water partition coefficient (Wildman–Crippen LogP) is 5.68. The molecule has 31 heavy (non-hydrogen) atoms. The fraction of sp³-hybridized carbons (Fsp3) is 0.308. The molecule has 4 rings (SSSR count). The van der Waals surface area contributed by atoms with Crippen LogP contribution in [0.4, 0.5) is 0 Å². The topological polar surface area (TPSA) is 49.1 Å². The van der Waals surface area contributed by atoms with E-state index in [9.17, 15) is 0 Å². The van der Waals surface area contributed by atoms with E-state index < -0.39 is 0 Å². The van der Waals surface area contributed by atoms with E-state index in [-0.39, 0.29) is 6.10 Å². The summed E-state index contributed by atoms with van der Waals surface area (Å²) < 4.78 is 6.22. The van der Waals surface area contributed by atoms with Gasteiger partial charge in [-0.25, -0.2) is 4.98 Å². The van der Waals surface area contributed by atoms with Crippen molar-refractivity contribution < 1.29 is 4.74 Å². The van der Waals surface area contributed by atoms with Gasteiger partial charge in [-0.3, -0.25) is 4.90 Å². The zero-order chi connectivity index (χ0) is 21.6. The maximum absolute atomic E-state index is 8.98. The van der Waals surface area contributed by atoms with Crippen LogP contribution >= 0.6 is 11.6 Å². The van der Waals surface area contributed by atoms with Gasteiger partial charge in [0, 0.05) is 42.2 Å². The molecule has 1 fully saturated rings. The molecule has 5 heteroatoms. The van der Waals surface area contributed by atoms with E-state index in [1.807, 2.05) is 12.1 Å². The van der Waals surface area contributed by atoms with Crippen LogP contribution < -0.4 is 4.74 Å². The second-order valence-corrected chi connectivity index (χ2v) is 8.59. The van der Waals surface area contributed by atoms with Gasteiger partial charge in [-0.15, -0.1) is 0 Å². The van der Waals surface area contributed by atoms with Gasteiger partial charge in [-0.05, 0) is 49.2 Å². The maximum atomic E-state index is 8.98. The summed E-state index contributed by atoms with van der Waals surface area (Å²) in [6.45, 7) is 5.07. The number of nitriles is 1. The van der Waals surface area contributed by atoms with Crippen LogP contribution in [0.1, 0.15) is 36.0 Å². The lowest BCUT2D eigenvalue weighted by Crippen LogP contribution is -2.43. The van der Waals surface area contributed by atoms with Crippen molar-refractivity contribution >= 4 is 11.6 Å². The number of nitrogens with zero attached hydrogens (tertiary/aromatic N) is 3. The number of hydrogen-bond acceptors (Lipinski definition) is 4. The Labute approximate surface area is 189 Å². The molecule has 1 saturated heterocycles. The van der Waals surface area contributed by atoms with Crippen LogP contribution in [0.15, 0.2) is 72.9 Å². The standard InChI is InChI=1S/C26H26ClN3O/c1-19(31-26-12-7-21(15-28)16-29-26)24-13-14-30(17-20-5-3-2-4-6-20)18-25(24)22-8-10-23(27)11-9-22/h2-12,16,19,24-25H,13-14,17-18H2,1H3. The third kappa shape index (κ3) is 5.44. The first-order valence-electron chi connectivity index (χ1n) is 10.7. The molecular weight excluding hydrogens is 406 g/mol. The Balaban J connectivity index is 1.52. The van der Waals surface area contributed by atoms with Crippen LogP contribution in [0.3, 0.4) is 0 Å². The van der Waals surface area contributed by atoms with Gasteiger partial charge in [0.05, 0.1) is 5.56 Å². The Morgan fingerprint density at radius 2 is 1.90 bits per heavy atom. The van der Waals surface area contributed by atoms with E-state index in [0.29, 0.717) is 23.3 Å². The summed E-state index contributed by atoms with van der Waals surface area (Å²) in [5, 5.41) is 9.73. The molecule has 3 atom stereocenters. The van der Waals surface area contributed by atoms with E-state index in [4.69, 9.17) is 21.6 Å². The molecule has 1 aliphatic heterocycles. The van der Waals surface area contributed by atoms with Crippen LogP contribution in [0.25, 0.3) is 0 Å². The molecule has 0 radical (unpaired) electrons. The van der Waals surface area contributed by atoms with E-state index in [2.05, 4.69) is 65.3 Å². The summed E-state index contributed by atoms with van der Waals surface area (Å²) in [7, 11) is 0. The van der Waals surface area contributed by atoms with Crippen molar-refractivity contribution in [3.8, 4) is 11.9 Å². The smallest absolute Gasteiger partial charge is 0.213 e. The summed E-state index contributed by atoms with van der Waals surface area (Å²) in [5.41, 5.74) is 3.16. The molecule has 2 aromatic carbocycles. The minimum atomic E-state index is -0.0000101. The fourth-order valence-electron chi connectivity index (χ4n) is 4.44. The lowest BCUT2D eigenvalue weighted by atomic mass is 9.77. The average Bonchev–Trinajstić information content (AvgIpc) is 2.81. The number of rotatable bonds is 6. The summed E-state index contributed by atoms with van der Waals surface area (Å²) in [5.74, 6) is 1.25. The number of hydrogen-bond donors (Lipinski definition) is 0. The molecule has 0 saturated carbocycles. The highest BCUT2D eigenvalue weighted by atomic mass is 35.5. The average molecular weight is 432 g/mol. The first kappa shape index (κ1) is 21.4. The van der Waals surface area contributed by atoms with Crippen molar-refractivity contribution in [3.63, 3.8) is 0 Å². The van der Waals surface area contributed by atoms with Crippen molar-refractivity contribution in [2.75, 3.05) is 13.1 Å². The van der Waals surface area contributed by atoms with E-state index in [0.717, 1.165) is 31.1 Å². The molecule has 2 heterocycles. The van der Waals surface area contributed by atoms with Crippen molar-refractivity contribution in [1.29, 1.82) is 5.26 Å². The third-order valence-corrected chi connectivity index (χ3v) is 6.32. The Morgan fingerprint density at radius 1 is 1.13 bits per heavy atom. The molecule has 158 valence electrons.